The van der Waals surface area contributed by atoms with Crippen LogP contribution in [-0.4, -0.2) is 41.0 Å². The Hall–Kier alpha value is -3.70. The lowest BCUT2D eigenvalue weighted by molar-refractivity contribution is 0.174. The Kier molecular flexibility index (Phi) is 4.26. The molecule has 3 aromatic heterocycles. The summed E-state index contributed by atoms with van der Waals surface area (Å²) in [5.74, 6) is 8.97. The molecule has 0 atom stereocenters. The Morgan fingerprint density at radius 2 is 2.00 bits per heavy atom. The molecule has 1 aliphatic rings. The van der Waals surface area contributed by atoms with Crippen molar-refractivity contribution in [1.82, 2.24) is 33.9 Å². The summed E-state index contributed by atoms with van der Waals surface area (Å²) < 4.78 is 11.5. The van der Waals surface area contributed by atoms with Crippen molar-refractivity contribution in [2.75, 3.05) is 7.11 Å². The first-order chi connectivity index (χ1) is 14.6. The van der Waals surface area contributed by atoms with Gasteiger partial charge in [0.15, 0.2) is 11.6 Å². The number of aromatic nitrogens is 7. The lowest BCUT2D eigenvalue weighted by Crippen LogP contribution is -2.09. The lowest BCUT2D eigenvalue weighted by atomic mass is 10.1. The highest BCUT2D eigenvalue weighted by molar-refractivity contribution is 5.70. The number of imidazole rings is 2. The van der Waals surface area contributed by atoms with Crippen LogP contribution in [-0.2, 0) is 24.9 Å². The van der Waals surface area contributed by atoms with Gasteiger partial charge >= 0.3 is 0 Å². The summed E-state index contributed by atoms with van der Waals surface area (Å²) >= 11 is 0. The molecule has 0 amide bonds. The number of fused-ring (bicyclic) bond motifs is 5. The fraction of sp³-hybridized carbons (Fsp3) is 0.273. The third kappa shape index (κ3) is 2.83. The molecule has 0 aliphatic carbocycles. The zero-order chi connectivity index (χ0) is 20.8. The van der Waals surface area contributed by atoms with E-state index >= 15 is 0 Å². The van der Waals surface area contributed by atoms with Crippen molar-refractivity contribution < 1.29 is 4.74 Å². The van der Waals surface area contributed by atoms with Crippen LogP contribution in [0, 0.1) is 25.7 Å². The fourth-order valence-electron chi connectivity index (χ4n) is 3.70. The molecule has 0 radical (unpaired) electrons. The van der Waals surface area contributed by atoms with E-state index in [9.17, 15) is 0 Å². The summed E-state index contributed by atoms with van der Waals surface area (Å²) in [6, 6.07) is 6.32. The topological polar surface area (TPSA) is 75.6 Å². The molecule has 1 aliphatic heterocycles. The van der Waals surface area contributed by atoms with Gasteiger partial charge in [-0.2, -0.15) is 0 Å². The minimum atomic E-state index is 0.387. The Labute approximate surface area is 174 Å². The van der Waals surface area contributed by atoms with Crippen molar-refractivity contribution in [3.05, 3.63) is 65.0 Å². The zero-order valence-corrected chi connectivity index (χ0v) is 17.3. The first-order valence-electron chi connectivity index (χ1n) is 9.65. The van der Waals surface area contributed by atoms with E-state index in [-0.39, 0.29) is 0 Å². The van der Waals surface area contributed by atoms with Crippen LogP contribution in [0.4, 0.5) is 0 Å². The normalized spacial score (nSPS) is 11.9. The van der Waals surface area contributed by atoms with Crippen molar-refractivity contribution in [2.45, 2.75) is 27.0 Å². The minimum absolute atomic E-state index is 0.387. The first kappa shape index (κ1) is 18.3. The fourth-order valence-corrected chi connectivity index (χ4v) is 3.70. The van der Waals surface area contributed by atoms with E-state index < -0.39 is 0 Å². The van der Waals surface area contributed by atoms with Gasteiger partial charge in [0.05, 0.1) is 24.1 Å². The van der Waals surface area contributed by atoms with Crippen LogP contribution in [0.5, 0.6) is 0 Å². The second-order valence-corrected chi connectivity index (χ2v) is 7.39. The van der Waals surface area contributed by atoms with Crippen molar-refractivity contribution in [3.8, 4) is 28.9 Å². The molecule has 8 heteroatoms. The maximum Gasteiger partial charge on any atom is 0.166 e. The van der Waals surface area contributed by atoms with Crippen molar-refractivity contribution >= 4 is 0 Å². The van der Waals surface area contributed by atoms with Gasteiger partial charge in [0.2, 0.25) is 0 Å². The molecular formula is C22H21N7O. The smallest absolute Gasteiger partial charge is 0.166 e. The van der Waals surface area contributed by atoms with Crippen LogP contribution in [0.2, 0.25) is 0 Å². The van der Waals surface area contributed by atoms with Crippen LogP contribution in [0.15, 0.2) is 30.7 Å². The quantitative estimate of drug-likeness (QED) is 0.426. The van der Waals surface area contributed by atoms with Gasteiger partial charge in [0, 0.05) is 19.7 Å². The molecule has 8 nitrogen and oxygen atoms in total. The van der Waals surface area contributed by atoms with Gasteiger partial charge in [-0.15, -0.1) is 10.2 Å². The van der Waals surface area contributed by atoms with Gasteiger partial charge in [-0.25, -0.2) is 9.97 Å². The van der Waals surface area contributed by atoms with Crippen LogP contribution in [0.1, 0.15) is 34.3 Å². The maximum absolute atomic E-state index is 5.34. The van der Waals surface area contributed by atoms with E-state index in [1.165, 1.54) is 0 Å². The maximum atomic E-state index is 5.34. The molecule has 4 aromatic rings. The second-order valence-electron chi connectivity index (χ2n) is 7.39. The van der Waals surface area contributed by atoms with Gasteiger partial charge in [0.25, 0.3) is 0 Å². The first-order valence-corrected chi connectivity index (χ1v) is 9.65. The zero-order valence-electron chi connectivity index (χ0n) is 17.3. The standard InChI is InChI=1S/C22H21N7O/c1-14-5-8-19-17(9-14)22-26-25-21(12-30-4)28(22)11-20-18(24-13-29(19)20)7-6-16-10-23-15(2)27(16)3/h5,8-10,13H,11-12H2,1-4H3. The highest BCUT2D eigenvalue weighted by Crippen LogP contribution is 2.33. The van der Waals surface area contributed by atoms with Gasteiger partial charge in [0.1, 0.15) is 30.1 Å². The average Bonchev–Trinajstić information content (AvgIpc) is 3.38. The highest BCUT2D eigenvalue weighted by Gasteiger charge is 2.25. The number of nitrogens with zero attached hydrogens (tertiary/aromatic N) is 7. The van der Waals surface area contributed by atoms with E-state index in [0.717, 1.165) is 51.4 Å². The summed E-state index contributed by atoms with van der Waals surface area (Å²) in [6.07, 6.45) is 3.61. The Morgan fingerprint density at radius 1 is 1.13 bits per heavy atom. The minimum Gasteiger partial charge on any atom is -0.377 e. The molecule has 30 heavy (non-hydrogen) atoms. The molecule has 0 saturated heterocycles. The SMILES string of the molecule is COCc1nnc2n1Cc1c(C#Cc3cnc(C)n3C)ncn1-c1ccc(C)cc1-2. The van der Waals surface area contributed by atoms with Crippen molar-refractivity contribution in [1.29, 1.82) is 0 Å². The highest BCUT2D eigenvalue weighted by atomic mass is 16.5. The third-order valence-corrected chi connectivity index (χ3v) is 5.46. The number of ether oxygens (including phenoxy) is 1. The van der Waals surface area contributed by atoms with E-state index in [1.807, 2.05) is 24.9 Å². The van der Waals surface area contributed by atoms with Crippen LogP contribution >= 0.6 is 0 Å². The van der Waals surface area contributed by atoms with E-state index in [0.29, 0.717) is 13.2 Å². The molecule has 0 spiro atoms. The largest absolute Gasteiger partial charge is 0.377 e. The average molecular weight is 399 g/mol. The Balaban J connectivity index is 1.69. The summed E-state index contributed by atoms with van der Waals surface area (Å²) in [5, 5.41) is 8.83. The van der Waals surface area contributed by atoms with Crippen LogP contribution < -0.4 is 0 Å². The number of methoxy groups -OCH3 is 1. The summed E-state index contributed by atoms with van der Waals surface area (Å²) in [6.45, 7) is 4.97. The van der Waals surface area contributed by atoms with E-state index in [1.54, 1.807) is 13.3 Å². The molecule has 0 unspecified atom stereocenters. The molecule has 0 bridgehead atoms. The second kappa shape index (κ2) is 6.97. The van der Waals surface area contributed by atoms with Crippen molar-refractivity contribution in [3.63, 3.8) is 0 Å². The van der Waals surface area contributed by atoms with Crippen LogP contribution in [0.25, 0.3) is 17.1 Å². The molecular weight excluding hydrogens is 378 g/mol. The number of rotatable bonds is 2. The summed E-state index contributed by atoms with van der Waals surface area (Å²) in [4.78, 5) is 8.93. The molecule has 4 heterocycles. The Morgan fingerprint density at radius 3 is 2.77 bits per heavy atom. The number of aryl methyl sites for hydroxylation is 2. The predicted molar refractivity (Wildman–Crippen MR) is 111 cm³/mol. The summed E-state index contributed by atoms with van der Waals surface area (Å²) in [5.41, 5.74) is 5.76. The van der Waals surface area contributed by atoms with Gasteiger partial charge in [-0.1, -0.05) is 11.6 Å². The van der Waals surface area contributed by atoms with E-state index in [4.69, 9.17) is 4.74 Å². The molecule has 150 valence electrons. The number of benzene rings is 1. The molecule has 5 rings (SSSR count). The Bertz CT molecular complexity index is 1330. The van der Waals surface area contributed by atoms with Gasteiger partial charge < -0.3 is 13.9 Å². The number of hydrogen-bond acceptors (Lipinski definition) is 5. The lowest BCUT2D eigenvalue weighted by Gasteiger charge is -2.08. The molecule has 0 saturated carbocycles. The van der Waals surface area contributed by atoms with Gasteiger partial charge in [-0.05, 0) is 37.8 Å². The monoisotopic (exact) mass is 399 g/mol. The third-order valence-electron chi connectivity index (χ3n) is 5.46. The predicted octanol–water partition coefficient (Wildman–Crippen LogP) is 2.39. The van der Waals surface area contributed by atoms with Crippen LogP contribution in [0.3, 0.4) is 0 Å². The number of hydrogen-bond donors (Lipinski definition) is 0. The van der Waals surface area contributed by atoms with Gasteiger partial charge in [-0.3, -0.25) is 4.57 Å². The van der Waals surface area contributed by atoms with Crippen molar-refractivity contribution in [2.24, 2.45) is 7.05 Å². The molecule has 0 N–H and O–H groups in total. The van der Waals surface area contributed by atoms with E-state index in [2.05, 4.69) is 66.3 Å². The molecule has 1 aromatic carbocycles. The molecule has 0 fully saturated rings. The summed E-state index contributed by atoms with van der Waals surface area (Å²) in [7, 11) is 3.62.